The fraction of sp³-hybridized carbons (Fsp3) is 0.250. The summed E-state index contributed by atoms with van der Waals surface area (Å²) in [6.07, 6.45) is -4.81. The maximum atomic E-state index is 12.9. The zero-order chi connectivity index (χ0) is 20.6. The van der Waals surface area contributed by atoms with E-state index in [0.29, 0.717) is 21.6 Å². The first kappa shape index (κ1) is 21.0. The molecule has 0 radical (unpaired) electrons. The first-order chi connectivity index (χ1) is 13.3. The number of rotatable bonds is 7. The largest absolute Gasteiger partial charge is 0.406 e. The lowest BCUT2D eigenvalue weighted by Crippen LogP contribution is -2.40. The van der Waals surface area contributed by atoms with Crippen molar-refractivity contribution >= 4 is 11.8 Å². The Morgan fingerprint density at radius 1 is 1.04 bits per heavy atom. The van der Waals surface area contributed by atoms with Crippen molar-refractivity contribution in [1.82, 2.24) is 10.2 Å². The van der Waals surface area contributed by atoms with Gasteiger partial charge in [0.2, 0.25) is 5.91 Å². The van der Waals surface area contributed by atoms with E-state index in [1.165, 1.54) is 24.3 Å². The van der Waals surface area contributed by atoms with Crippen LogP contribution in [-0.4, -0.2) is 36.0 Å². The Morgan fingerprint density at radius 3 is 2.25 bits per heavy atom. The van der Waals surface area contributed by atoms with Crippen LogP contribution in [0.2, 0.25) is 0 Å². The van der Waals surface area contributed by atoms with Gasteiger partial charge in [-0.25, -0.2) is 0 Å². The molecule has 5 nitrogen and oxygen atoms in total. The minimum absolute atomic E-state index is 0.0751. The fourth-order valence-electron chi connectivity index (χ4n) is 2.49. The number of halogens is 3. The molecular formula is C20H18F3N3O2. The third-order valence-electron chi connectivity index (χ3n) is 3.84. The summed E-state index contributed by atoms with van der Waals surface area (Å²) in [5.41, 5.74) is 1.26. The quantitative estimate of drug-likeness (QED) is 0.790. The maximum absolute atomic E-state index is 12.9. The molecule has 0 heterocycles. The Bertz CT molecular complexity index is 844. The second kappa shape index (κ2) is 9.55. The van der Waals surface area contributed by atoms with Gasteiger partial charge in [-0.05, 0) is 29.8 Å². The highest BCUT2D eigenvalue weighted by Gasteiger charge is 2.32. The Morgan fingerprint density at radius 2 is 1.68 bits per heavy atom. The lowest BCUT2D eigenvalue weighted by atomic mass is 10.1. The van der Waals surface area contributed by atoms with Crippen molar-refractivity contribution in [3.63, 3.8) is 0 Å². The highest BCUT2D eigenvalue weighted by molar-refractivity contribution is 5.94. The third kappa shape index (κ3) is 6.76. The summed E-state index contributed by atoms with van der Waals surface area (Å²) >= 11 is 0. The normalized spacial score (nSPS) is 10.8. The molecular weight excluding hydrogens is 371 g/mol. The van der Waals surface area contributed by atoms with E-state index in [1.807, 2.05) is 6.07 Å². The van der Waals surface area contributed by atoms with Gasteiger partial charge in [0, 0.05) is 25.1 Å². The molecule has 0 saturated carbocycles. The minimum Gasteiger partial charge on any atom is -0.352 e. The van der Waals surface area contributed by atoms with Crippen LogP contribution in [0.3, 0.4) is 0 Å². The van der Waals surface area contributed by atoms with E-state index in [0.717, 1.165) is 0 Å². The Hall–Kier alpha value is -3.34. The van der Waals surface area contributed by atoms with E-state index in [1.54, 1.807) is 30.3 Å². The average molecular weight is 389 g/mol. The summed E-state index contributed by atoms with van der Waals surface area (Å²) in [6, 6.07) is 16.2. The number of hydrogen-bond acceptors (Lipinski definition) is 3. The van der Waals surface area contributed by atoms with Crippen molar-refractivity contribution in [2.75, 3.05) is 13.1 Å². The standard InChI is InChI=1S/C20H18F3N3O2/c21-20(22,23)14-26(13-16-8-6-15(12-24)7-9-16)18(27)10-11-25-19(28)17-4-2-1-3-5-17/h1-9H,10-11,13-14H2,(H,25,28). The molecule has 0 fully saturated rings. The SMILES string of the molecule is N#Cc1ccc(CN(CC(F)(F)F)C(=O)CCNC(=O)c2ccccc2)cc1. The number of carbonyl (C=O) groups excluding carboxylic acids is 2. The predicted octanol–water partition coefficient (Wildman–Crippen LogP) is 3.27. The molecule has 146 valence electrons. The summed E-state index contributed by atoms with van der Waals surface area (Å²) in [7, 11) is 0. The highest BCUT2D eigenvalue weighted by atomic mass is 19.4. The van der Waals surface area contributed by atoms with E-state index in [-0.39, 0.29) is 19.5 Å². The summed E-state index contributed by atoms with van der Waals surface area (Å²) in [5, 5.41) is 11.3. The lowest BCUT2D eigenvalue weighted by Gasteiger charge is -2.24. The van der Waals surface area contributed by atoms with Gasteiger partial charge in [0.05, 0.1) is 11.6 Å². The van der Waals surface area contributed by atoms with E-state index < -0.39 is 24.5 Å². The fourth-order valence-corrected chi connectivity index (χ4v) is 2.49. The monoisotopic (exact) mass is 389 g/mol. The molecule has 0 unspecified atom stereocenters. The Balaban J connectivity index is 1.96. The number of alkyl halides is 3. The molecule has 2 aromatic carbocycles. The van der Waals surface area contributed by atoms with Crippen molar-refractivity contribution in [3.05, 3.63) is 71.3 Å². The molecule has 0 aliphatic carbocycles. The van der Waals surface area contributed by atoms with Gasteiger partial charge in [-0.2, -0.15) is 18.4 Å². The molecule has 0 aliphatic rings. The van der Waals surface area contributed by atoms with Gasteiger partial charge in [0.15, 0.2) is 0 Å². The number of benzene rings is 2. The highest BCUT2D eigenvalue weighted by Crippen LogP contribution is 2.19. The molecule has 8 heteroatoms. The molecule has 0 bridgehead atoms. The van der Waals surface area contributed by atoms with Crippen LogP contribution in [0.5, 0.6) is 0 Å². The van der Waals surface area contributed by atoms with Crippen LogP contribution in [0.1, 0.15) is 27.9 Å². The molecule has 2 rings (SSSR count). The van der Waals surface area contributed by atoms with Gasteiger partial charge in [-0.1, -0.05) is 30.3 Å². The molecule has 2 amide bonds. The topological polar surface area (TPSA) is 73.2 Å². The van der Waals surface area contributed by atoms with Gasteiger partial charge in [-0.15, -0.1) is 0 Å². The molecule has 28 heavy (non-hydrogen) atoms. The molecule has 0 spiro atoms. The van der Waals surface area contributed by atoms with Crippen LogP contribution in [0.15, 0.2) is 54.6 Å². The average Bonchev–Trinajstić information content (AvgIpc) is 2.67. The van der Waals surface area contributed by atoms with E-state index >= 15 is 0 Å². The van der Waals surface area contributed by atoms with E-state index in [2.05, 4.69) is 5.32 Å². The number of nitrogens with zero attached hydrogens (tertiary/aromatic N) is 2. The zero-order valence-electron chi connectivity index (χ0n) is 14.9. The van der Waals surface area contributed by atoms with Crippen molar-refractivity contribution < 1.29 is 22.8 Å². The molecule has 2 aromatic rings. The van der Waals surface area contributed by atoms with Crippen LogP contribution in [0.25, 0.3) is 0 Å². The minimum atomic E-state index is -4.55. The van der Waals surface area contributed by atoms with Gasteiger partial charge in [0.25, 0.3) is 5.91 Å². The zero-order valence-corrected chi connectivity index (χ0v) is 14.9. The van der Waals surface area contributed by atoms with Crippen molar-refractivity contribution in [1.29, 1.82) is 5.26 Å². The van der Waals surface area contributed by atoms with Gasteiger partial charge >= 0.3 is 6.18 Å². The summed E-state index contributed by atoms with van der Waals surface area (Å²) in [6.45, 7) is -1.70. The van der Waals surface area contributed by atoms with E-state index in [4.69, 9.17) is 5.26 Å². The molecule has 0 saturated heterocycles. The number of carbonyl (C=O) groups is 2. The van der Waals surface area contributed by atoms with Crippen LogP contribution in [0.4, 0.5) is 13.2 Å². The number of nitrogens with one attached hydrogen (secondary N) is 1. The van der Waals surface area contributed by atoms with Crippen molar-refractivity contribution in [2.24, 2.45) is 0 Å². The van der Waals surface area contributed by atoms with Crippen LogP contribution < -0.4 is 5.32 Å². The third-order valence-corrected chi connectivity index (χ3v) is 3.84. The van der Waals surface area contributed by atoms with Gasteiger partial charge in [-0.3, -0.25) is 9.59 Å². The number of hydrogen-bond donors (Lipinski definition) is 1. The van der Waals surface area contributed by atoms with Gasteiger partial charge < -0.3 is 10.2 Å². The Kier molecular flexibility index (Phi) is 7.15. The lowest BCUT2D eigenvalue weighted by molar-refractivity contribution is -0.162. The predicted molar refractivity (Wildman–Crippen MR) is 96.0 cm³/mol. The van der Waals surface area contributed by atoms with Crippen molar-refractivity contribution in [3.8, 4) is 6.07 Å². The van der Waals surface area contributed by atoms with Gasteiger partial charge in [0.1, 0.15) is 6.54 Å². The second-order valence-corrected chi connectivity index (χ2v) is 6.05. The summed E-state index contributed by atoms with van der Waals surface area (Å²) in [4.78, 5) is 24.9. The second-order valence-electron chi connectivity index (χ2n) is 6.05. The maximum Gasteiger partial charge on any atom is 0.406 e. The summed E-state index contributed by atoms with van der Waals surface area (Å²) < 4.78 is 38.6. The molecule has 0 atom stereocenters. The number of nitriles is 1. The smallest absolute Gasteiger partial charge is 0.352 e. The molecule has 1 N–H and O–H groups in total. The van der Waals surface area contributed by atoms with Crippen molar-refractivity contribution in [2.45, 2.75) is 19.1 Å². The van der Waals surface area contributed by atoms with Crippen LogP contribution >= 0.6 is 0 Å². The molecule has 0 aromatic heterocycles. The first-order valence-corrected chi connectivity index (χ1v) is 8.45. The van der Waals surface area contributed by atoms with E-state index in [9.17, 15) is 22.8 Å². The van der Waals surface area contributed by atoms with Crippen LogP contribution in [-0.2, 0) is 11.3 Å². The first-order valence-electron chi connectivity index (χ1n) is 8.45. The number of amides is 2. The molecule has 0 aliphatic heterocycles. The Labute approximate surface area is 160 Å². The van der Waals surface area contributed by atoms with Crippen LogP contribution in [0, 0.1) is 11.3 Å². The summed E-state index contributed by atoms with van der Waals surface area (Å²) in [5.74, 6) is -1.13.